The van der Waals surface area contributed by atoms with Crippen molar-refractivity contribution in [2.75, 3.05) is 13.2 Å². The average Bonchev–Trinajstić information content (AvgIpc) is 3.23. The molecule has 1 atom stereocenters. The first kappa shape index (κ1) is 26.7. The fourth-order valence-electron chi connectivity index (χ4n) is 3.86. The number of rotatable bonds is 11. The minimum absolute atomic E-state index is 0.299. The molecule has 0 radical (unpaired) electrons. The lowest BCUT2D eigenvalue weighted by molar-refractivity contribution is -0.479. The first-order chi connectivity index (χ1) is 17.9. The van der Waals surface area contributed by atoms with E-state index < -0.39 is 5.25 Å². The fraction of sp³-hybridized carbons (Fsp3) is 0.259. The first-order valence-electron chi connectivity index (χ1n) is 11.8. The molecule has 0 aliphatic heterocycles. The summed E-state index contributed by atoms with van der Waals surface area (Å²) in [6.07, 6.45) is 0. The van der Waals surface area contributed by atoms with Crippen LogP contribution in [-0.4, -0.2) is 32.8 Å². The monoisotopic (exact) mass is 582 g/mol. The number of aryl methyl sites for hydroxylation is 2. The van der Waals surface area contributed by atoms with Crippen LogP contribution in [0.4, 0.5) is 0 Å². The molecule has 3 aromatic carbocycles. The molecule has 1 aromatic heterocycles. The van der Waals surface area contributed by atoms with Crippen molar-refractivity contribution in [2.45, 2.75) is 37.8 Å². The lowest BCUT2D eigenvalue weighted by atomic mass is 10.1. The number of ether oxygens (including phenoxy) is 2. The zero-order valence-electron chi connectivity index (χ0n) is 20.8. The molecule has 37 heavy (non-hydrogen) atoms. The Morgan fingerprint density at radius 1 is 1.05 bits per heavy atom. The first-order valence-corrected chi connectivity index (χ1v) is 13.4. The van der Waals surface area contributed by atoms with E-state index in [-0.39, 0.29) is 11.5 Å². The third-order valence-electron chi connectivity index (χ3n) is 5.55. The predicted octanol–water partition coefficient (Wildman–Crippen LogP) is 6.73. The Morgan fingerprint density at radius 2 is 1.84 bits per heavy atom. The van der Waals surface area contributed by atoms with E-state index in [0.717, 1.165) is 22.4 Å². The number of nitro groups is 1. The third kappa shape index (κ3) is 6.69. The van der Waals surface area contributed by atoms with Crippen molar-refractivity contribution in [2.24, 2.45) is 0 Å². The van der Waals surface area contributed by atoms with Gasteiger partial charge in [-0.1, -0.05) is 54.2 Å². The van der Waals surface area contributed by atoms with Crippen LogP contribution >= 0.6 is 27.7 Å². The molecule has 4 aromatic rings. The van der Waals surface area contributed by atoms with Crippen LogP contribution in [0.25, 0.3) is 5.69 Å². The number of hydrogen-bond donors (Lipinski definition) is 0. The quantitative estimate of drug-likeness (QED) is 0.110. The Kier molecular flexibility index (Phi) is 8.83. The minimum atomic E-state index is -0.541. The Balaban J connectivity index is 1.68. The second-order valence-corrected chi connectivity index (χ2v) is 10.4. The average molecular weight is 584 g/mol. The highest BCUT2D eigenvalue weighted by molar-refractivity contribution is 9.10. The van der Waals surface area contributed by atoms with Gasteiger partial charge in [0.05, 0.1) is 11.1 Å². The molecule has 1 heterocycles. The highest BCUT2D eigenvalue weighted by Gasteiger charge is 2.26. The van der Waals surface area contributed by atoms with Crippen LogP contribution < -0.4 is 9.47 Å². The normalized spacial score (nSPS) is 11.8. The van der Waals surface area contributed by atoms with E-state index in [9.17, 15) is 10.1 Å². The van der Waals surface area contributed by atoms with Gasteiger partial charge in [-0.3, -0.25) is 14.7 Å². The molecule has 0 unspecified atom stereocenters. The van der Waals surface area contributed by atoms with E-state index >= 15 is 0 Å². The van der Waals surface area contributed by atoms with Crippen LogP contribution in [0.1, 0.15) is 34.7 Å². The van der Waals surface area contributed by atoms with Gasteiger partial charge in [-0.25, -0.2) is 0 Å². The molecular formula is C27H27BrN4O4S. The maximum atomic E-state index is 11.7. The van der Waals surface area contributed by atoms with Gasteiger partial charge in [-0.05, 0) is 77.7 Å². The molecule has 8 nitrogen and oxygen atoms in total. The molecule has 4 rings (SSSR count). The fourth-order valence-corrected chi connectivity index (χ4v) is 5.59. The van der Waals surface area contributed by atoms with Gasteiger partial charge in [0, 0.05) is 10.6 Å². The Morgan fingerprint density at radius 3 is 2.54 bits per heavy atom. The number of hydrogen-bond acceptors (Lipinski definition) is 7. The Hall–Kier alpha value is -3.37. The molecule has 192 valence electrons. The van der Waals surface area contributed by atoms with Crippen LogP contribution in [-0.2, 0) is 6.61 Å². The molecule has 10 heteroatoms. The van der Waals surface area contributed by atoms with Crippen LogP contribution in [0.15, 0.2) is 76.4 Å². The number of aromatic nitrogens is 3. The Labute approximate surface area is 228 Å². The number of nitrogens with zero attached hydrogens (tertiary/aromatic N) is 4. The second kappa shape index (κ2) is 12.2. The second-order valence-electron chi connectivity index (χ2n) is 8.36. The summed E-state index contributed by atoms with van der Waals surface area (Å²) in [5.41, 5.74) is 3.75. The molecule has 0 saturated carbocycles. The van der Waals surface area contributed by atoms with Gasteiger partial charge in [0.1, 0.15) is 17.7 Å². The van der Waals surface area contributed by atoms with E-state index in [1.54, 1.807) is 0 Å². The maximum absolute atomic E-state index is 11.7. The van der Waals surface area contributed by atoms with Gasteiger partial charge in [0.2, 0.25) is 6.54 Å². The summed E-state index contributed by atoms with van der Waals surface area (Å²) in [5.74, 6) is 1.78. The van der Waals surface area contributed by atoms with E-state index in [0.29, 0.717) is 40.2 Å². The largest absolute Gasteiger partial charge is 0.490 e. The highest BCUT2D eigenvalue weighted by atomic mass is 79.9. The van der Waals surface area contributed by atoms with Crippen molar-refractivity contribution in [3.63, 3.8) is 0 Å². The molecule has 0 aliphatic rings. The Bertz CT molecular complexity index is 1380. The molecule has 0 fully saturated rings. The van der Waals surface area contributed by atoms with Crippen LogP contribution in [0.2, 0.25) is 0 Å². The lowest BCUT2D eigenvalue weighted by Crippen LogP contribution is -2.12. The summed E-state index contributed by atoms with van der Waals surface area (Å²) in [7, 11) is 0. The SMILES string of the molecule is CCOc1cc([C@@H](C[N+](=O)[O-])Sc2nnc(C)n2-c2cccc(C)c2)cc(Br)c1OCc1ccccc1. The molecular weight excluding hydrogens is 556 g/mol. The smallest absolute Gasteiger partial charge is 0.220 e. The zero-order chi connectivity index (χ0) is 26.4. The molecule has 0 aliphatic carbocycles. The summed E-state index contributed by atoms with van der Waals surface area (Å²) >= 11 is 4.91. The summed E-state index contributed by atoms with van der Waals surface area (Å²) in [6, 6.07) is 21.5. The van der Waals surface area contributed by atoms with Crippen molar-refractivity contribution < 1.29 is 14.4 Å². The predicted molar refractivity (Wildman–Crippen MR) is 147 cm³/mol. The number of benzene rings is 3. The van der Waals surface area contributed by atoms with Crippen LogP contribution in [0, 0.1) is 24.0 Å². The molecule has 0 bridgehead atoms. The summed E-state index contributed by atoms with van der Waals surface area (Å²) < 4.78 is 14.6. The van der Waals surface area contributed by atoms with E-state index in [2.05, 4.69) is 26.1 Å². The maximum Gasteiger partial charge on any atom is 0.220 e. The summed E-state index contributed by atoms with van der Waals surface area (Å²) in [5, 5.41) is 20.3. The van der Waals surface area contributed by atoms with E-state index in [1.165, 1.54) is 11.8 Å². The highest BCUT2D eigenvalue weighted by Crippen LogP contribution is 2.43. The summed E-state index contributed by atoms with van der Waals surface area (Å²) in [4.78, 5) is 11.4. The standard InChI is InChI=1S/C27H27BrN4O4S/c1-4-35-24-15-21(14-23(28)26(24)36-17-20-10-6-5-7-11-20)25(16-31(33)34)37-27-30-29-19(3)32(27)22-12-8-9-18(2)13-22/h5-15,25H,4,16-17H2,1-3H3/t25-/m1/s1. The van der Waals surface area contributed by atoms with Gasteiger partial charge in [-0.15, -0.1) is 10.2 Å². The lowest BCUT2D eigenvalue weighted by Gasteiger charge is -2.19. The van der Waals surface area contributed by atoms with E-state index in [4.69, 9.17) is 9.47 Å². The van der Waals surface area contributed by atoms with Crippen molar-refractivity contribution in [3.05, 3.63) is 104 Å². The van der Waals surface area contributed by atoms with Crippen molar-refractivity contribution in [1.82, 2.24) is 14.8 Å². The number of halogens is 1. The van der Waals surface area contributed by atoms with Gasteiger partial charge < -0.3 is 9.47 Å². The van der Waals surface area contributed by atoms with Gasteiger partial charge in [0.15, 0.2) is 16.7 Å². The topological polar surface area (TPSA) is 92.3 Å². The molecule has 0 spiro atoms. The van der Waals surface area contributed by atoms with Crippen molar-refractivity contribution >= 4 is 27.7 Å². The van der Waals surface area contributed by atoms with Crippen LogP contribution in [0.5, 0.6) is 11.5 Å². The zero-order valence-corrected chi connectivity index (χ0v) is 23.2. The molecule has 0 amide bonds. The van der Waals surface area contributed by atoms with E-state index in [1.807, 2.05) is 92.1 Å². The van der Waals surface area contributed by atoms with Gasteiger partial charge >= 0.3 is 0 Å². The molecule has 0 N–H and O–H groups in total. The van der Waals surface area contributed by atoms with Gasteiger partial charge in [0.25, 0.3) is 0 Å². The third-order valence-corrected chi connectivity index (χ3v) is 7.32. The molecule has 0 saturated heterocycles. The summed E-state index contributed by atoms with van der Waals surface area (Å²) in [6.45, 7) is 6.26. The van der Waals surface area contributed by atoms with Crippen LogP contribution in [0.3, 0.4) is 0 Å². The minimum Gasteiger partial charge on any atom is -0.490 e. The number of thioether (sulfide) groups is 1. The van der Waals surface area contributed by atoms with Gasteiger partial charge in [-0.2, -0.15) is 0 Å². The van der Waals surface area contributed by atoms with Crippen molar-refractivity contribution in [1.29, 1.82) is 0 Å². The van der Waals surface area contributed by atoms with Crippen molar-refractivity contribution in [3.8, 4) is 17.2 Å².